The van der Waals surface area contributed by atoms with Gasteiger partial charge < -0.3 is 4.74 Å². The number of hydrogen-bond acceptors (Lipinski definition) is 1. The van der Waals surface area contributed by atoms with Gasteiger partial charge in [0.2, 0.25) is 0 Å². The standard InChI is InChI=1S/C3H8BOP/c4-6-2-1-5-3-6/h1-4H2. The molecule has 1 aliphatic rings. The molecular formula is C3H8BOP. The molecule has 0 aromatic heterocycles. The molecule has 0 N–H and O–H groups in total. The highest BCUT2D eigenvalue weighted by Crippen LogP contribution is 2.32. The molecule has 1 nitrogen and oxygen atoms in total. The van der Waals surface area contributed by atoms with Crippen molar-refractivity contribution in [2.75, 3.05) is 19.1 Å². The lowest BCUT2D eigenvalue weighted by atomic mass is 10.8. The lowest BCUT2D eigenvalue weighted by Gasteiger charge is -1.90. The van der Waals surface area contributed by atoms with Crippen LogP contribution in [-0.4, -0.2) is 26.7 Å². The fraction of sp³-hybridized carbons (Fsp3) is 1.00. The van der Waals surface area contributed by atoms with Crippen molar-refractivity contribution in [1.82, 2.24) is 0 Å². The predicted octanol–water partition coefficient (Wildman–Crippen LogP) is 0.00410. The average molecular weight is 102 g/mol. The van der Waals surface area contributed by atoms with Gasteiger partial charge in [0.05, 0.1) is 13.0 Å². The Morgan fingerprint density at radius 2 is 2.50 bits per heavy atom. The molecule has 3 heteroatoms. The summed E-state index contributed by atoms with van der Waals surface area (Å²) in [6.45, 7) is 1.02. The molecular weight excluding hydrogens is 93.8 g/mol. The first-order chi connectivity index (χ1) is 2.89. The molecule has 0 spiro atoms. The van der Waals surface area contributed by atoms with E-state index in [2.05, 4.69) is 7.57 Å². The minimum Gasteiger partial charge on any atom is -0.377 e. The van der Waals surface area contributed by atoms with Crippen molar-refractivity contribution < 1.29 is 4.74 Å². The molecule has 1 saturated heterocycles. The smallest absolute Gasteiger partial charge is 0.137 e. The van der Waals surface area contributed by atoms with E-state index in [1.54, 1.807) is 0 Å². The van der Waals surface area contributed by atoms with E-state index in [1.165, 1.54) is 6.16 Å². The summed E-state index contributed by atoms with van der Waals surface area (Å²) < 4.78 is 5.09. The van der Waals surface area contributed by atoms with Gasteiger partial charge in [0.15, 0.2) is 0 Å². The van der Waals surface area contributed by atoms with Crippen LogP contribution in [0.2, 0.25) is 0 Å². The molecule has 34 valence electrons. The molecule has 1 fully saturated rings. The molecule has 1 unspecified atom stereocenters. The summed E-state index contributed by atoms with van der Waals surface area (Å²) in [6.07, 6.45) is 2.38. The molecule has 0 radical (unpaired) electrons. The third-order valence-electron chi connectivity index (χ3n) is 0.929. The Morgan fingerprint density at radius 3 is 2.67 bits per heavy atom. The number of ether oxygens (including phenoxy) is 1. The summed E-state index contributed by atoms with van der Waals surface area (Å²) in [4.78, 5) is 0. The number of rotatable bonds is 0. The molecule has 0 aliphatic carbocycles. The van der Waals surface area contributed by atoms with Crippen LogP contribution < -0.4 is 0 Å². The SMILES string of the molecule is BP1CCOC1. The van der Waals surface area contributed by atoms with Crippen molar-refractivity contribution in [3.05, 3.63) is 0 Å². The third-order valence-corrected chi connectivity index (χ3v) is 2.50. The van der Waals surface area contributed by atoms with Crippen molar-refractivity contribution >= 4 is 15.4 Å². The summed E-state index contributed by atoms with van der Waals surface area (Å²) >= 11 is 0. The van der Waals surface area contributed by atoms with Gasteiger partial charge in [-0.25, -0.2) is 0 Å². The first kappa shape index (κ1) is 4.61. The second-order valence-electron chi connectivity index (χ2n) is 1.62. The second-order valence-corrected chi connectivity index (χ2v) is 4.03. The van der Waals surface area contributed by atoms with E-state index in [4.69, 9.17) is 4.74 Å². The maximum Gasteiger partial charge on any atom is 0.137 e. The van der Waals surface area contributed by atoms with Crippen LogP contribution in [0.15, 0.2) is 0 Å². The number of hydrogen-bond donors (Lipinski definition) is 0. The van der Waals surface area contributed by atoms with Crippen LogP contribution >= 0.6 is 7.80 Å². The largest absolute Gasteiger partial charge is 0.377 e. The molecule has 1 rings (SSSR count). The Balaban J connectivity index is 2.18. The van der Waals surface area contributed by atoms with Gasteiger partial charge in [-0.1, -0.05) is 0 Å². The van der Waals surface area contributed by atoms with Crippen LogP contribution in [0, 0.1) is 0 Å². The molecule has 1 aliphatic heterocycles. The lowest BCUT2D eigenvalue weighted by molar-refractivity contribution is 0.217. The van der Waals surface area contributed by atoms with Gasteiger partial charge in [0.1, 0.15) is 7.57 Å². The van der Waals surface area contributed by atoms with Crippen LogP contribution in [0.5, 0.6) is 0 Å². The van der Waals surface area contributed by atoms with E-state index >= 15 is 0 Å². The van der Waals surface area contributed by atoms with E-state index in [1.807, 2.05) is 0 Å². The molecule has 0 amide bonds. The predicted molar refractivity (Wildman–Crippen MR) is 31.1 cm³/mol. The van der Waals surface area contributed by atoms with Crippen molar-refractivity contribution in [2.24, 2.45) is 0 Å². The highest BCUT2D eigenvalue weighted by Gasteiger charge is 2.06. The molecule has 1 atom stereocenters. The van der Waals surface area contributed by atoms with Gasteiger partial charge in [-0.05, 0) is 6.16 Å². The van der Waals surface area contributed by atoms with Crippen LogP contribution in [0.1, 0.15) is 0 Å². The Kier molecular flexibility index (Phi) is 1.50. The summed E-state index contributed by atoms with van der Waals surface area (Å²) in [5.74, 6) is 0. The highest BCUT2D eigenvalue weighted by molar-refractivity contribution is 7.82. The van der Waals surface area contributed by atoms with Gasteiger partial charge in [-0.3, -0.25) is 0 Å². The fourth-order valence-electron chi connectivity index (χ4n) is 0.505. The van der Waals surface area contributed by atoms with Gasteiger partial charge in [0, 0.05) is 0 Å². The summed E-state index contributed by atoms with van der Waals surface area (Å²) in [7, 11) is 2.59. The van der Waals surface area contributed by atoms with Gasteiger partial charge >= 0.3 is 0 Å². The highest BCUT2D eigenvalue weighted by atomic mass is 31.1. The zero-order valence-corrected chi connectivity index (χ0v) is 4.87. The van der Waals surface area contributed by atoms with Gasteiger partial charge in [-0.2, -0.15) is 0 Å². The van der Waals surface area contributed by atoms with Crippen molar-refractivity contribution in [3.63, 3.8) is 0 Å². The summed E-state index contributed by atoms with van der Waals surface area (Å²) in [5, 5.41) is 0. The Labute approximate surface area is 40.2 Å². The first-order valence-electron chi connectivity index (χ1n) is 2.16. The lowest BCUT2D eigenvalue weighted by Crippen LogP contribution is -1.78. The quantitative estimate of drug-likeness (QED) is 0.309. The zero-order valence-electron chi connectivity index (χ0n) is 3.98. The second kappa shape index (κ2) is 1.95. The monoisotopic (exact) mass is 102 g/mol. The Bertz CT molecular complexity index is 44.1. The van der Waals surface area contributed by atoms with Crippen LogP contribution in [0.3, 0.4) is 0 Å². The molecule has 0 saturated carbocycles. The maximum absolute atomic E-state index is 5.09. The maximum atomic E-state index is 5.09. The topological polar surface area (TPSA) is 9.23 Å². The normalized spacial score (nSPS) is 34.3. The van der Waals surface area contributed by atoms with Crippen molar-refractivity contribution in [2.45, 2.75) is 0 Å². The van der Waals surface area contributed by atoms with E-state index in [0.29, 0.717) is 7.80 Å². The zero-order chi connectivity index (χ0) is 4.41. The Morgan fingerprint density at radius 1 is 1.67 bits per heavy atom. The van der Waals surface area contributed by atoms with Crippen LogP contribution in [-0.2, 0) is 4.74 Å². The Hall–Kier alpha value is 0.455. The molecule has 0 aromatic rings. The van der Waals surface area contributed by atoms with E-state index in [0.717, 1.165) is 13.0 Å². The van der Waals surface area contributed by atoms with E-state index < -0.39 is 0 Å². The van der Waals surface area contributed by atoms with Gasteiger partial charge in [-0.15, -0.1) is 7.80 Å². The first-order valence-corrected chi connectivity index (χ1v) is 4.32. The summed E-state index contributed by atoms with van der Waals surface area (Å²) in [6, 6.07) is 0. The van der Waals surface area contributed by atoms with Crippen molar-refractivity contribution in [1.29, 1.82) is 0 Å². The minimum absolute atomic E-state index is 0.313. The molecule has 0 bridgehead atoms. The third kappa shape index (κ3) is 0.957. The minimum atomic E-state index is 0.313. The van der Waals surface area contributed by atoms with Crippen LogP contribution in [0.25, 0.3) is 0 Å². The van der Waals surface area contributed by atoms with E-state index in [-0.39, 0.29) is 0 Å². The average Bonchev–Trinajstić information content (AvgIpc) is 1.86. The van der Waals surface area contributed by atoms with Crippen LogP contribution in [0.4, 0.5) is 0 Å². The molecule has 1 heterocycles. The van der Waals surface area contributed by atoms with E-state index in [9.17, 15) is 0 Å². The molecule has 6 heavy (non-hydrogen) atoms. The molecule has 0 aromatic carbocycles. The van der Waals surface area contributed by atoms with Gasteiger partial charge in [0.25, 0.3) is 0 Å². The van der Waals surface area contributed by atoms with Crippen molar-refractivity contribution in [3.8, 4) is 0 Å². The summed E-state index contributed by atoms with van der Waals surface area (Å²) in [5.41, 5.74) is 0. The fourth-order valence-corrected chi connectivity index (χ4v) is 1.52.